The van der Waals surface area contributed by atoms with Crippen LogP contribution in [0.1, 0.15) is 5.69 Å². The fourth-order valence-electron chi connectivity index (χ4n) is 1.74. The highest BCUT2D eigenvalue weighted by atomic mass is 16.4. The normalized spacial score (nSPS) is 10.8. The zero-order valence-electron chi connectivity index (χ0n) is 11.0. The summed E-state index contributed by atoms with van der Waals surface area (Å²) in [6.07, 6.45) is 2.90. The molecule has 0 fully saturated rings. The van der Waals surface area contributed by atoms with E-state index in [0.717, 1.165) is 15.8 Å². The van der Waals surface area contributed by atoms with Crippen molar-refractivity contribution in [2.75, 3.05) is 13.6 Å². The molecule has 2 aromatic rings. The first-order valence-electron chi connectivity index (χ1n) is 6.07. The van der Waals surface area contributed by atoms with E-state index in [4.69, 9.17) is 5.11 Å². The van der Waals surface area contributed by atoms with Crippen LogP contribution in [0.2, 0.25) is 0 Å². The third-order valence-corrected chi connectivity index (χ3v) is 2.77. The number of para-hydroxylation sites is 1. The molecule has 1 N–H and O–H groups in total. The fourth-order valence-corrected chi connectivity index (χ4v) is 1.74. The number of benzene rings is 1. The van der Waals surface area contributed by atoms with Crippen molar-refractivity contribution in [3.8, 4) is 0 Å². The summed E-state index contributed by atoms with van der Waals surface area (Å²) < 4.78 is 0. The van der Waals surface area contributed by atoms with Crippen LogP contribution in [0.3, 0.4) is 0 Å². The Kier molecular flexibility index (Phi) is 4.10. The van der Waals surface area contributed by atoms with E-state index in [1.54, 1.807) is 6.08 Å². The van der Waals surface area contributed by atoms with Gasteiger partial charge in [-0.3, -0.25) is 9.59 Å². The summed E-state index contributed by atoms with van der Waals surface area (Å²) in [7, 11) is 1.44. The summed E-state index contributed by atoms with van der Waals surface area (Å²) in [4.78, 5) is 27.7. The van der Waals surface area contributed by atoms with Gasteiger partial charge >= 0.3 is 5.97 Å². The first kappa shape index (κ1) is 13.7. The Bertz CT molecular complexity index is 680. The number of carbonyl (C=O) groups excluding carboxylic acids is 1. The lowest BCUT2D eigenvalue weighted by Gasteiger charge is -2.11. The van der Waals surface area contributed by atoms with Gasteiger partial charge in [0.15, 0.2) is 0 Å². The van der Waals surface area contributed by atoms with E-state index in [0.29, 0.717) is 5.69 Å². The highest BCUT2D eigenvalue weighted by Gasteiger charge is 2.08. The van der Waals surface area contributed by atoms with Gasteiger partial charge in [-0.25, -0.2) is 4.98 Å². The molecule has 0 aliphatic carbocycles. The quantitative estimate of drug-likeness (QED) is 0.860. The Balaban J connectivity index is 2.13. The summed E-state index contributed by atoms with van der Waals surface area (Å²) in [5, 5.41) is 9.63. The van der Waals surface area contributed by atoms with Gasteiger partial charge in [-0.2, -0.15) is 0 Å². The molecule has 0 spiro atoms. The molecule has 2 rings (SSSR count). The van der Waals surface area contributed by atoms with Gasteiger partial charge in [-0.15, -0.1) is 0 Å². The summed E-state index contributed by atoms with van der Waals surface area (Å²) in [6.45, 7) is -0.325. The minimum atomic E-state index is -1.04. The van der Waals surface area contributed by atoms with Crippen molar-refractivity contribution in [2.45, 2.75) is 0 Å². The maximum absolute atomic E-state index is 11.7. The molecule has 0 aliphatic heterocycles. The Morgan fingerprint density at radius 1 is 1.25 bits per heavy atom. The molecule has 1 aromatic carbocycles. The van der Waals surface area contributed by atoms with E-state index in [1.807, 2.05) is 36.4 Å². The second kappa shape index (κ2) is 5.97. The summed E-state index contributed by atoms with van der Waals surface area (Å²) >= 11 is 0. The standard InChI is InChI=1S/C15H14N2O3/c1-17(10-15(19)20)14(18)9-8-12-7-6-11-4-2-3-5-13(11)16-12/h2-9H,10H2,1H3,(H,19,20)/b9-8+. The molecule has 0 bridgehead atoms. The number of rotatable bonds is 4. The number of fused-ring (bicyclic) bond motifs is 1. The van der Waals surface area contributed by atoms with Crippen molar-refractivity contribution >= 4 is 28.9 Å². The molecule has 102 valence electrons. The number of hydrogen-bond acceptors (Lipinski definition) is 3. The van der Waals surface area contributed by atoms with Crippen molar-refractivity contribution in [3.63, 3.8) is 0 Å². The highest BCUT2D eigenvalue weighted by Crippen LogP contribution is 2.12. The SMILES string of the molecule is CN(CC(=O)O)C(=O)/C=C/c1ccc2ccccc2n1. The van der Waals surface area contributed by atoms with Crippen molar-refractivity contribution < 1.29 is 14.7 Å². The van der Waals surface area contributed by atoms with Gasteiger partial charge in [0.25, 0.3) is 0 Å². The molecule has 0 radical (unpaired) electrons. The average Bonchev–Trinajstić information content (AvgIpc) is 2.43. The molecular weight excluding hydrogens is 256 g/mol. The minimum absolute atomic E-state index is 0.325. The number of hydrogen-bond donors (Lipinski definition) is 1. The molecule has 0 aliphatic rings. The van der Waals surface area contributed by atoms with Crippen LogP contribution in [-0.4, -0.2) is 40.5 Å². The van der Waals surface area contributed by atoms with E-state index in [1.165, 1.54) is 13.1 Å². The Labute approximate surface area is 116 Å². The molecular formula is C15H14N2O3. The molecule has 20 heavy (non-hydrogen) atoms. The van der Waals surface area contributed by atoms with Gasteiger partial charge in [0, 0.05) is 18.5 Å². The first-order chi connectivity index (χ1) is 9.56. The molecule has 0 atom stereocenters. The van der Waals surface area contributed by atoms with E-state index in [-0.39, 0.29) is 12.5 Å². The van der Waals surface area contributed by atoms with Crippen LogP contribution in [0.4, 0.5) is 0 Å². The monoisotopic (exact) mass is 270 g/mol. The topological polar surface area (TPSA) is 70.5 Å². The number of pyridine rings is 1. The lowest BCUT2D eigenvalue weighted by Crippen LogP contribution is -2.30. The number of carboxylic acids is 1. The van der Waals surface area contributed by atoms with Crippen molar-refractivity contribution in [1.82, 2.24) is 9.88 Å². The van der Waals surface area contributed by atoms with E-state index in [2.05, 4.69) is 4.98 Å². The second-order valence-corrected chi connectivity index (χ2v) is 4.35. The highest BCUT2D eigenvalue weighted by molar-refractivity contribution is 5.93. The number of nitrogens with zero attached hydrogens (tertiary/aromatic N) is 2. The minimum Gasteiger partial charge on any atom is -0.480 e. The van der Waals surface area contributed by atoms with E-state index < -0.39 is 5.97 Å². The fraction of sp³-hybridized carbons (Fsp3) is 0.133. The summed E-state index contributed by atoms with van der Waals surface area (Å²) in [6, 6.07) is 11.4. The molecule has 5 nitrogen and oxygen atoms in total. The number of amides is 1. The van der Waals surface area contributed by atoms with Gasteiger partial charge in [-0.1, -0.05) is 24.3 Å². The van der Waals surface area contributed by atoms with Gasteiger partial charge in [0.05, 0.1) is 11.2 Å². The predicted molar refractivity (Wildman–Crippen MR) is 76.0 cm³/mol. The van der Waals surface area contributed by atoms with Gasteiger partial charge < -0.3 is 10.0 Å². The lowest BCUT2D eigenvalue weighted by molar-refractivity contribution is -0.141. The smallest absolute Gasteiger partial charge is 0.323 e. The van der Waals surface area contributed by atoms with Gasteiger partial charge in [0.1, 0.15) is 6.54 Å². The Morgan fingerprint density at radius 3 is 2.75 bits per heavy atom. The van der Waals surface area contributed by atoms with Crippen LogP contribution in [0.15, 0.2) is 42.5 Å². The molecule has 1 aromatic heterocycles. The molecule has 0 saturated heterocycles. The number of carbonyl (C=O) groups is 2. The Morgan fingerprint density at radius 2 is 2.00 bits per heavy atom. The first-order valence-corrected chi connectivity index (χ1v) is 6.07. The molecule has 0 saturated carbocycles. The second-order valence-electron chi connectivity index (χ2n) is 4.35. The van der Waals surface area contributed by atoms with Crippen LogP contribution in [-0.2, 0) is 9.59 Å². The number of aromatic nitrogens is 1. The predicted octanol–water partition coefficient (Wildman–Crippen LogP) is 1.79. The van der Waals surface area contributed by atoms with Crippen LogP contribution in [0.5, 0.6) is 0 Å². The maximum Gasteiger partial charge on any atom is 0.323 e. The molecule has 5 heteroatoms. The van der Waals surface area contributed by atoms with E-state index >= 15 is 0 Å². The number of aliphatic carboxylic acids is 1. The summed E-state index contributed by atoms with van der Waals surface area (Å²) in [5.74, 6) is -1.42. The largest absolute Gasteiger partial charge is 0.480 e. The molecule has 1 heterocycles. The van der Waals surface area contributed by atoms with Gasteiger partial charge in [-0.05, 0) is 18.2 Å². The van der Waals surface area contributed by atoms with Crippen LogP contribution < -0.4 is 0 Å². The third-order valence-electron chi connectivity index (χ3n) is 2.77. The maximum atomic E-state index is 11.7. The average molecular weight is 270 g/mol. The van der Waals surface area contributed by atoms with Crippen LogP contribution in [0.25, 0.3) is 17.0 Å². The van der Waals surface area contributed by atoms with Crippen molar-refractivity contribution in [3.05, 3.63) is 48.2 Å². The lowest BCUT2D eigenvalue weighted by atomic mass is 10.2. The van der Waals surface area contributed by atoms with E-state index in [9.17, 15) is 9.59 Å². The van der Waals surface area contributed by atoms with Crippen LogP contribution in [0, 0.1) is 0 Å². The molecule has 1 amide bonds. The van der Waals surface area contributed by atoms with Gasteiger partial charge in [0.2, 0.25) is 5.91 Å². The van der Waals surface area contributed by atoms with Crippen molar-refractivity contribution in [2.24, 2.45) is 0 Å². The summed E-state index contributed by atoms with van der Waals surface area (Å²) in [5.41, 5.74) is 1.50. The van der Waals surface area contributed by atoms with Crippen molar-refractivity contribution in [1.29, 1.82) is 0 Å². The zero-order chi connectivity index (χ0) is 14.5. The Hall–Kier alpha value is -2.69. The zero-order valence-corrected chi connectivity index (χ0v) is 11.0. The third kappa shape index (κ3) is 3.41. The molecule has 0 unspecified atom stereocenters. The van der Waals surface area contributed by atoms with Crippen LogP contribution >= 0.6 is 0 Å². The number of carboxylic acid groups (broad SMARTS) is 1. The number of likely N-dealkylation sites (N-methyl/N-ethyl adjacent to an activating group) is 1.